The van der Waals surface area contributed by atoms with Crippen LogP contribution in [-0.2, 0) is 9.53 Å². The molecule has 8 heteroatoms. The van der Waals surface area contributed by atoms with Crippen molar-refractivity contribution in [1.29, 1.82) is 0 Å². The van der Waals surface area contributed by atoms with Gasteiger partial charge in [0, 0.05) is 42.5 Å². The largest absolute Gasteiger partial charge is 0.481 e. The van der Waals surface area contributed by atoms with Crippen molar-refractivity contribution in [3.63, 3.8) is 0 Å². The molecule has 0 saturated heterocycles. The molecule has 130 valence electrons. The summed E-state index contributed by atoms with van der Waals surface area (Å²) in [5, 5.41) is 10.4. The highest BCUT2D eigenvalue weighted by molar-refractivity contribution is 6.28. The third kappa shape index (κ3) is 2.85. The molecular weight excluding hydrogens is 339 g/mol. The topological polar surface area (TPSA) is 68.7 Å². The first kappa shape index (κ1) is 17.0. The lowest BCUT2D eigenvalue weighted by Crippen LogP contribution is -2.26. The van der Waals surface area contributed by atoms with Gasteiger partial charge in [0.2, 0.25) is 11.7 Å². The van der Waals surface area contributed by atoms with Crippen LogP contribution in [0.15, 0.2) is 30.5 Å². The van der Waals surface area contributed by atoms with E-state index >= 15 is 0 Å². The summed E-state index contributed by atoms with van der Waals surface area (Å²) < 4.78 is 51.2. The Morgan fingerprint density at radius 3 is 2.36 bits per heavy atom. The van der Waals surface area contributed by atoms with Crippen molar-refractivity contribution >= 4 is 17.1 Å². The van der Waals surface area contributed by atoms with Crippen molar-refractivity contribution in [2.75, 3.05) is 7.11 Å². The van der Waals surface area contributed by atoms with Crippen LogP contribution < -0.4 is 4.74 Å². The number of aliphatic hydroxyl groups is 1. The van der Waals surface area contributed by atoms with Crippen LogP contribution in [-0.4, -0.2) is 29.0 Å². The van der Waals surface area contributed by atoms with Crippen LogP contribution in [0.2, 0.25) is 0 Å². The Balaban J connectivity index is 2.30. The maximum Gasteiger partial charge on any atom is 0.342 e. The minimum atomic E-state index is -2.14. The van der Waals surface area contributed by atoms with Gasteiger partial charge in [-0.1, -0.05) is 0 Å². The van der Waals surface area contributed by atoms with Gasteiger partial charge in [-0.25, -0.2) is 22.9 Å². The number of hydrogen-bond acceptors (Lipinski definition) is 5. The fraction of sp³-hybridized carbons (Fsp3) is 0.176. The maximum absolute atomic E-state index is 14.2. The Labute approximate surface area is 140 Å². The molecule has 0 radical (unpaired) electrons. The summed E-state index contributed by atoms with van der Waals surface area (Å²) in [6, 6.07) is 3.76. The molecule has 0 saturated carbocycles. The summed E-state index contributed by atoms with van der Waals surface area (Å²) >= 11 is 0. The Morgan fingerprint density at radius 1 is 1.20 bits per heavy atom. The van der Waals surface area contributed by atoms with Crippen molar-refractivity contribution in [3.05, 3.63) is 59.0 Å². The zero-order valence-corrected chi connectivity index (χ0v) is 13.1. The molecular formula is C17H12F3NO4. The van der Waals surface area contributed by atoms with Gasteiger partial charge in [0.25, 0.3) is 0 Å². The number of methoxy groups -OCH3 is 1. The zero-order chi connectivity index (χ0) is 18.4. The number of cyclic esters (lactones) is 1. The monoisotopic (exact) mass is 351 g/mol. The molecule has 1 aromatic carbocycles. The summed E-state index contributed by atoms with van der Waals surface area (Å²) in [6.45, 7) is 1.15. The number of rotatable bonds is 3. The van der Waals surface area contributed by atoms with Gasteiger partial charge in [-0.05, 0) is 6.07 Å². The summed E-state index contributed by atoms with van der Waals surface area (Å²) in [6.07, 6.45) is 1.25. The fourth-order valence-electron chi connectivity index (χ4n) is 2.69. The highest BCUT2D eigenvalue weighted by Gasteiger charge is 2.45. The quantitative estimate of drug-likeness (QED) is 0.861. The SMILES string of the molecule is COc1ccc(C2=C(c3c(F)cc(F)cc3F)C(=O)OC2(C)O)cn1. The van der Waals surface area contributed by atoms with Gasteiger partial charge in [0.15, 0.2) is 0 Å². The Morgan fingerprint density at radius 2 is 1.84 bits per heavy atom. The number of benzene rings is 1. The Hall–Kier alpha value is -2.87. The van der Waals surface area contributed by atoms with E-state index in [4.69, 9.17) is 9.47 Å². The van der Waals surface area contributed by atoms with E-state index in [0.717, 1.165) is 6.92 Å². The molecule has 2 aromatic rings. The molecule has 1 aliphatic rings. The van der Waals surface area contributed by atoms with E-state index in [0.29, 0.717) is 12.1 Å². The van der Waals surface area contributed by atoms with Crippen LogP contribution in [0.3, 0.4) is 0 Å². The van der Waals surface area contributed by atoms with E-state index in [1.165, 1.54) is 25.4 Å². The standard InChI is InChI=1S/C17H12F3NO4/c1-17(23)15(8-3-4-12(24-2)21-7-8)14(16(22)25-17)13-10(19)5-9(18)6-11(13)20/h3-7,23H,1-2H3. The maximum atomic E-state index is 14.2. The molecule has 0 amide bonds. The smallest absolute Gasteiger partial charge is 0.342 e. The summed E-state index contributed by atoms with van der Waals surface area (Å²) in [7, 11) is 1.40. The number of hydrogen-bond donors (Lipinski definition) is 1. The third-order valence-electron chi connectivity index (χ3n) is 3.70. The van der Waals surface area contributed by atoms with Gasteiger partial charge >= 0.3 is 5.97 Å². The van der Waals surface area contributed by atoms with Crippen LogP contribution in [0.4, 0.5) is 13.2 Å². The van der Waals surface area contributed by atoms with Gasteiger partial charge in [0.05, 0.1) is 18.2 Å². The number of halogens is 3. The second kappa shape index (κ2) is 5.89. The third-order valence-corrected chi connectivity index (χ3v) is 3.70. The number of nitrogens with zero attached hydrogens (tertiary/aromatic N) is 1. The zero-order valence-electron chi connectivity index (χ0n) is 13.1. The van der Waals surface area contributed by atoms with Gasteiger partial charge in [-0.2, -0.15) is 0 Å². The van der Waals surface area contributed by atoms with E-state index in [1.807, 2.05) is 0 Å². The predicted octanol–water partition coefficient (Wildman–Crippen LogP) is 2.68. The number of ether oxygens (including phenoxy) is 2. The first-order valence-electron chi connectivity index (χ1n) is 7.10. The van der Waals surface area contributed by atoms with Gasteiger partial charge in [-0.15, -0.1) is 0 Å². The highest BCUT2D eigenvalue weighted by atomic mass is 19.1. The average Bonchev–Trinajstić information content (AvgIpc) is 2.75. The molecule has 0 bridgehead atoms. The first-order chi connectivity index (χ1) is 11.7. The predicted molar refractivity (Wildman–Crippen MR) is 80.6 cm³/mol. The Bertz CT molecular complexity index is 868. The molecule has 1 aliphatic heterocycles. The molecule has 5 nitrogen and oxygen atoms in total. The van der Waals surface area contributed by atoms with E-state index in [1.54, 1.807) is 0 Å². The molecule has 0 aliphatic carbocycles. The number of pyridine rings is 1. The van der Waals surface area contributed by atoms with Crippen molar-refractivity contribution < 1.29 is 32.5 Å². The molecule has 25 heavy (non-hydrogen) atoms. The lowest BCUT2D eigenvalue weighted by molar-refractivity contribution is -0.169. The van der Waals surface area contributed by atoms with Crippen LogP contribution in [0.1, 0.15) is 18.1 Å². The highest BCUT2D eigenvalue weighted by Crippen LogP contribution is 2.43. The number of esters is 1. The molecule has 1 aromatic heterocycles. The molecule has 1 N–H and O–H groups in total. The lowest BCUT2D eigenvalue weighted by Gasteiger charge is -2.19. The van der Waals surface area contributed by atoms with Crippen LogP contribution in [0.25, 0.3) is 11.1 Å². The van der Waals surface area contributed by atoms with Crippen LogP contribution >= 0.6 is 0 Å². The second-order valence-electron chi connectivity index (χ2n) is 5.46. The van der Waals surface area contributed by atoms with E-state index < -0.39 is 40.3 Å². The minimum Gasteiger partial charge on any atom is -0.481 e. The van der Waals surface area contributed by atoms with Crippen LogP contribution in [0.5, 0.6) is 5.88 Å². The summed E-state index contributed by atoms with van der Waals surface area (Å²) in [5.74, 6) is -6.74. The van der Waals surface area contributed by atoms with E-state index in [-0.39, 0.29) is 17.0 Å². The fourth-order valence-corrected chi connectivity index (χ4v) is 2.69. The van der Waals surface area contributed by atoms with Crippen molar-refractivity contribution in [2.45, 2.75) is 12.7 Å². The first-order valence-corrected chi connectivity index (χ1v) is 7.10. The van der Waals surface area contributed by atoms with Crippen molar-refractivity contribution in [1.82, 2.24) is 4.98 Å². The molecule has 2 heterocycles. The van der Waals surface area contributed by atoms with Gasteiger partial charge in [-0.3, -0.25) is 0 Å². The number of carbonyl (C=O) groups excluding carboxylic acids is 1. The minimum absolute atomic E-state index is 0.183. The molecule has 3 rings (SSSR count). The van der Waals surface area contributed by atoms with Gasteiger partial charge in [0.1, 0.15) is 17.5 Å². The molecule has 0 spiro atoms. The molecule has 1 unspecified atom stereocenters. The molecule has 1 atom stereocenters. The Kier molecular flexibility index (Phi) is 4.00. The van der Waals surface area contributed by atoms with Crippen molar-refractivity contribution in [2.24, 2.45) is 0 Å². The number of aromatic nitrogens is 1. The van der Waals surface area contributed by atoms with Crippen molar-refractivity contribution in [3.8, 4) is 5.88 Å². The van der Waals surface area contributed by atoms with Gasteiger partial charge < -0.3 is 14.6 Å². The normalized spacial score (nSPS) is 20.0. The number of carbonyl (C=O) groups is 1. The van der Waals surface area contributed by atoms with E-state index in [9.17, 15) is 23.1 Å². The molecule has 0 fully saturated rings. The lowest BCUT2D eigenvalue weighted by atomic mass is 9.92. The van der Waals surface area contributed by atoms with Crippen LogP contribution in [0, 0.1) is 17.5 Å². The summed E-state index contributed by atoms with van der Waals surface area (Å²) in [4.78, 5) is 16.1. The second-order valence-corrected chi connectivity index (χ2v) is 5.46. The van der Waals surface area contributed by atoms with E-state index in [2.05, 4.69) is 4.98 Å². The average molecular weight is 351 g/mol. The summed E-state index contributed by atoms with van der Waals surface area (Å²) in [5.41, 5.74) is -1.31.